The molecule has 0 spiro atoms. The van der Waals surface area contributed by atoms with Gasteiger partial charge in [0.25, 0.3) is 0 Å². The van der Waals surface area contributed by atoms with Crippen LogP contribution in [-0.4, -0.2) is 207 Å². The SMILES string of the molecule is CCc1cc(N)c(OC)cc1N1CCC(N2CCOCC2)CC1.CCc1cc(Nc2ncc(Cl)c(Nc3ccc(OC)c(OC)c3N(C)S(C)(=O)=O)n2)c(OC)cc1N1CCC(N2CCOCC2)CC1.COc1ccc(Nc2nc(Cl)ncc2Cl)c(N(C)S(C)(=O)=O)c1OC.[CH2-]C#CC#CC#CC#CC#CC#CC#CC#CC#CC#CC#CC#CC#CC#CC#CC. The summed E-state index contributed by atoms with van der Waals surface area (Å²) in [6, 6.07) is 16.2. The number of morpholine rings is 2. The van der Waals surface area contributed by atoms with Crippen molar-refractivity contribution in [3.05, 3.63) is 94.3 Å². The van der Waals surface area contributed by atoms with Gasteiger partial charge in [-0.05, 0) is 199 Å². The zero-order chi connectivity index (χ0) is 91.9. The lowest BCUT2D eigenvalue weighted by Crippen LogP contribution is -2.49. The number of benzene rings is 4. The molecule has 0 aliphatic carbocycles. The van der Waals surface area contributed by atoms with E-state index in [1.165, 1.54) is 90.3 Å². The van der Waals surface area contributed by atoms with E-state index in [1.54, 1.807) is 45.4 Å². The van der Waals surface area contributed by atoms with Crippen LogP contribution in [0.25, 0.3) is 0 Å². The van der Waals surface area contributed by atoms with Crippen molar-refractivity contribution in [3.63, 3.8) is 0 Å². The van der Waals surface area contributed by atoms with Crippen LogP contribution in [0.1, 0.15) is 57.6 Å². The summed E-state index contributed by atoms with van der Waals surface area (Å²) in [5, 5.41) is 9.85. The van der Waals surface area contributed by atoms with Crippen molar-refractivity contribution in [3.8, 4) is 212 Å². The van der Waals surface area contributed by atoms with Crippen LogP contribution in [0.4, 0.5) is 63.1 Å². The third kappa shape index (κ3) is 31.7. The molecule has 26 nitrogen and oxygen atoms in total. The van der Waals surface area contributed by atoms with E-state index in [1.807, 2.05) is 0 Å². The summed E-state index contributed by atoms with van der Waals surface area (Å²) in [6.07, 6.45) is 11.5. The van der Waals surface area contributed by atoms with E-state index in [-0.39, 0.29) is 55.8 Å². The number of nitrogen functional groups attached to an aromatic ring is 1. The summed E-state index contributed by atoms with van der Waals surface area (Å²) < 4.78 is 95.2. The molecule has 4 fully saturated rings. The Kier molecular flexibility index (Phi) is 42.1. The van der Waals surface area contributed by atoms with Gasteiger partial charge in [0.2, 0.25) is 31.3 Å². The molecule has 4 aliphatic heterocycles. The Morgan fingerprint density at radius 1 is 0.457 bits per heavy atom. The fourth-order valence-electron chi connectivity index (χ4n) is 12.9. The van der Waals surface area contributed by atoms with Gasteiger partial charge in [-0.3, -0.25) is 24.3 Å². The average molecular weight is 1810 g/mol. The third-order valence-electron chi connectivity index (χ3n) is 19.1. The quantitative estimate of drug-likeness (QED) is 0.0213. The number of methoxy groups -OCH3 is 6. The zero-order valence-electron chi connectivity index (χ0n) is 72.8. The van der Waals surface area contributed by atoms with Crippen molar-refractivity contribution >= 4 is 118 Å². The molecule has 4 aromatic carbocycles. The summed E-state index contributed by atoms with van der Waals surface area (Å²) in [7, 11) is 4.70. The van der Waals surface area contributed by atoms with E-state index >= 15 is 0 Å². The summed E-state index contributed by atoms with van der Waals surface area (Å²) >= 11 is 18.4. The Hall–Kier alpha value is -13.9. The van der Waals surface area contributed by atoms with Crippen molar-refractivity contribution in [2.24, 2.45) is 0 Å². The normalized spacial score (nSPS) is 12.9. The highest BCUT2D eigenvalue weighted by Gasteiger charge is 2.32. The first-order valence-corrected chi connectivity index (χ1v) is 44.1. The molecular formula is C96H94Cl3N14O12S2-. The predicted molar refractivity (Wildman–Crippen MR) is 507 cm³/mol. The number of sulfonamides is 2. The van der Waals surface area contributed by atoms with Gasteiger partial charge in [0.05, 0.1) is 117 Å². The molecule has 2 aromatic heterocycles. The molecule has 10 rings (SSSR count). The van der Waals surface area contributed by atoms with E-state index < -0.39 is 20.0 Å². The van der Waals surface area contributed by atoms with Crippen LogP contribution in [0.5, 0.6) is 34.5 Å². The molecule has 6 heterocycles. The van der Waals surface area contributed by atoms with E-state index in [0.29, 0.717) is 46.4 Å². The number of aryl methyl sites for hydroxylation is 2. The van der Waals surface area contributed by atoms with E-state index in [9.17, 15) is 16.8 Å². The molecule has 0 unspecified atom stereocenters. The maximum Gasteiger partial charge on any atom is 0.232 e. The van der Waals surface area contributed by atoms with Crippen LogP contribution in [0.2, 0.25) is 15.3 Å². The van der Waals surface area contributed by atoms with Gasteiger partial charge in [0, 0.05) is 161 Å². The van der Waals surface area contributed by atoms with E-state index in [4.69, 9.17) is 78.4 Å². The smallest absolute Gasteiger partial charge is 0.232 e. The number of piperidine rings is 2. The van der Waals surface area contributed by atoms with Gasteiger partial charge in [-0.15, -0.1) is 5.92 Å². The predicted octanol–water partition coefficient (Wildman–Crippen LogP) is 10.9. The number of aromatic nitrogens is 4. The Morgan fingerprint density at radius 3 is 1.15 bits per heavy atom. The zero-order valence-corrected chi connectivity index (χ0v) is 76.7. The highest BCUT2D eigenvalue weighted by Crippen LogP contribution is 2.47. The van der Waals surface area contributed by atoms with Crippen molar-refractivity contribution in [2.45, 2.75) is 71.4 Å². The molecule has 0 radical (unpaired) electrons. The Bertz CT molecular complexity index is 6100. The summed E-state index contributed by atoms with van der Waals surface area (Å²) in [5.41, 5.74) is 13.7. The molecule has 5 N–H and O–H groups in total. The maximum absolute atomic E-state index is 12.6. The largest absolute Gasteiger partial charge is 0.495 e. The molecule has 0 bridgehead atoms. The molecule has 0 saturated carbocycles. The highest BCUT2D eigenvalue weighted by molar-refractivity contribution is 7.92. The molecule has 4 aliphatic rings. The Labute approximate surface area is 763 Å². The topological polar surface area (TPSA) is 275 Å². The first-order chi connectivity index (χ1) is 61.4. The number of nitrogens with one attached hydrogen (secondary N) is 3. The minimum Gasteiger partial charge on any atom is -0.495 e. The maximum atomic E-state index is 12.6. The molecule has 0 amide bonds. The van der Waals surface area contributed by atoms with Gasteiger partial charge in [-0.2, -0.15) is 16.9 Å². The van der Waals surface area contributed by atoms with Crippen LogP contribution in [0.3, 0.4) is 0 Å². The number of hydrogen-bond acceptors (Lipinski definition) is 24. The second-order valence-corrected chi connectivity index (χ2v) is 31.9. The second kappa shape index (κ2) is 53.3. The fraction of sp³-hybridized carbons (Fsp3) is 0.344. The minimum atomic E-state index is -3.67. The highest BCUT2D eigenvalue weighted by atomic mass is 35.5. The van der Waals surface area contributed by atoms with Gasteiger partial charge in [0.1, 0.15) is 32.9 Å². The van der Waals surface area contributed by atoms with Crippen molar-refractivity contribution in [1.29, 1.82) is 0 Å². The van der Waals surface area contributed by atoms with Gasteiger partial charge in [0.15, 0.2) is 34.6 Å². The Balaban J connectivity index is 0.000000243. The third-order valence-corrected chi connectivity index (χ3v) is 22.2. The fourth-order valence-corrected chi connectivity index (χ4v) is 14.3. The number of ether oxygens (including phenoxy) is 8. The molecule has 6 aromatic rings. The van der Waals surface area contributed by atoms with E-state index in [0.717, 1.165) is 137 Å². The number of rotatable bonds is 22. The van der Waals surface area contributed by atoms with Crippen LogP contribution in [-0.2, 0) is 42.4 Å². The number of nitrogens with two attached hydrogens (primary N) is 1. The van der Waals surface area contributed by atoms with Crippen LogP contribution in [0.15, 0.2) is 60.9 Å². The van der Waals surface area contributed by atoms with Crippen molar-refractivity contribution in [1.82, 2.24) is 29.7 Å². The molecule has 0 atom stereocenters. The minimum absolute atomic E-state index is 0.00889. The summed E-state index contributed by atoms with van der Waals surface area (Å²) in [6.45, 7) is 21.1. The van der Waals surface area contributed by atoms with Crippen LogP contribution >= 0.6 is 34.8 Å². The molecule has 4 saturated heterocycles. The summed E-state index contributed by atoms with van der Waals surface area (Å²) in [5.74, 6) is 78.4. The standard InChI is InChI=1S/C32H44ClN7O6S.C32H5.C18H29N3O2.C14H16Cl2N4O4S/c1-7-21-18-25(28(44-4)19-26(21)40-12-10-22(11-13-40)39-14-16-46-17-15-39)36-32-34-20-23(33)31(37-32)35-24-8-9-27(43-3)30(45-5)29(24)38(2)47(6,41)42;1-3-5-7-9-11-13-15-17-19-21-23-25-27-29-31-32-30-28-26-24-22-20-18-16-14-12-10-8-6-4-2;1-3-14-12-16(19)18(22-2)13-17(14)21-6-4-15(5-7-21)20-8-10-23-11-9-20;1-20(25(4,21)22)11-9(5-6-10(23-2)12(11)24-3)18-13-8(15)7-17-14(16)19-13/h8-9,18-20,22H,7,10-17H2,1-6H3,(H2,34,35,36,37);1H2,2H3;12-13,15H,3-11,19H2,1-2H3;5-7H,1-4H3,(H,17,18,19)/q;-1;;. The lowest BCUT2D eigenvalue weighted by Gasteiger charge is -2.41. The first-order valence-electron chi connectivity index (χ1n) is 39.3. The van der Waals surface area contributed by atoms with Crippen LogP contribution in [0, 0.1) is 185 Å². The Morgan fingerprint density at radius 2 is 0.803 bits per heavy atom. The van der Waals surface area contributed by atoms with Gasteiger partial charge in [-0.25, -0.2) is 32.7 Å². The average Bonchev–Trinajstić information content (AvgIpc) is 0.792. The first kappa shape index (κ1) is 100. The van der Waals surface area contributed by atoms with E-state index in [2.05, 4.69) is 278 Å². The molecule has 654 valence electrons. The van der Waals surface area contributed by atoms with Gasteiger partial charge in [-0.1, -0.05) is 43.0 Å². The number of anilines is 11. The van der Waals surface area contributed by atoms with Crippen LogP contribution < -0.4 is 68.5 Å². The second-order valence-electron chi connectivity index (χ2n) is 26.7. The lowest BCUT2D eigenvalue weighted by atomic mass is 10.00. The monoisotopic (exact) mass is 1800 g/mol. The molecule has 31 heteroatoms. The number of hydrogen-bond donors (Lipinski definition) is 4. The van der Waals surface area contributed by atoms with Gasteiger partial charge < -0.3 is 69.4 Å². The van der Waals surface area contributed by atoms with Crippen molar-refractivity contribution in [2.75, 3.05) is 188 Å². The number of nitrogens with zero attached hydrogens (tertiary/aromatic N) is 10. The number of halogens is 3. The lowest BCUT2D eigenvalue weighted by molar-refractivity contribution is 0.0115. The van der Waals surface area contributed by atoms with Crippen molar-refractivity contribution < 1.29 is 54.7 Å². The summed E-state index contributed by atoms with van der Waals surface area (Å²) in [4.78, 5) is 26.9. The molecular weight excluding hydrogens is 1710 g/mol. The van der Waals surface area contributed by atoms with Gasteiger partial charge >= 0.3 is 0 Å². The molecule has 127 heavy (non-hydrogen) atoms.